The summed E-state index contributed by atoms with van der Waals surface area (Å²) in [5.41, 5.74) is 0. The van der Waals surface area contributed by atoms with Crippen LogP contribution in [-0.2, 0) is 11.1 Å². The van der Waals surface area contributed by atoms with E-state index >= 15 is 0 Å². The number of hydrogen-bond donors (Lipinski definition) is 1. The molecule has 0 amide bonds. The van der Waals surface area contributed by atoms with Crippen LogP contribution < -0.4 is 5.14 Å². The largest absolute Gasteiger partial charge is 0.152 e. The lowest BCUT2D eigenvalue weighted by atomic mass is 11.9. The summed E-state index contributed by atoms with van der Waals surface area (Å²) in [4.78, 5) is 0. The summed E-state index contributed by atoms with van der Waals surface area (Å²) in [5.74, 6) is 0. The average Bonchev–Trinajstić information content (AvgIpc) is 0.811. The van der Waals surface area contributed by atoms with Crippen LogP contribution in [0.5, 0.6) is 0 Å². The topological polar surface area (TPSA) is 26.0 Å². The highest BCUT2D eigenvalue weighted by Gasteiger charge is 1.78. The number of nitrogens with two attached hydrogens (primary N) is 1. The number of rotatable bonds is 0. The molecule has 0 heterocycles. The molecule has 0 rings (SSSR count). The van der Waals surface area contributed by atoms with Gasteiger partial charge in [0.15, 0.2) is 0 Å². The van der Waals surface area contributed by atoms with Crippen LogP contribution in [0, 0.1) is 0 Å². The van der Waals surface area contributed by atoms with Gasteiger partial charge in [-0.15, -0.1) is 0 Å². The second kappa shape index (κ2) is 1.61. The van der Waals surface area contributed by atoms with Gasteiger partial charge in [-0.05, 0) is 0 Å². The molecule has 26 valence electrons. The molecule has 0 aliphatic heterocycles. The van der Waals surface area contributed by atoms with E-state index < -0.39 is 0 Å². The first-order valence-corrected chi connectivity index (χ1v) is 3.16. The predicted molar refractivity (Wildman–Crippen MR) is 23.4 cm³/mol. The molecule has 0 aromatic carbocycles. The minimum atomic E-state index is 0.139. The average molecular weight is 78.2 g/mol. The van der Waals surface area contributed by atoms with Crippen molar-refractivity contribution in [1.29, 1.82) is 0 Å². The van der Waals surface area contributed by atoms with E-state index in [0.717, 1.165) is 0 Å². The lowest BCUT2D eigenvalue weighted by Crippen LogP contribution is -2.05. The maximum atomic E-state index is 5.14. The van der Waals surface area contributed by atoms with Crippen molar-refractivity contribution in [2.45, 2.75) is 0 Å². The molecule has 0 fully saturated rings. The van der Waals surface area contributed by atoms with Crippen molar-refractivity contribution >= 4 is 11.1 Å². The van der Waals surface area contributed by atoms with Crippen LogP contribution >= 0.6 is 0 Å². The van der Waals surface area contributed by atoms with Gasteiger partial charge in [0.05, 0.1) is 11.1 Å². The van der Waals surface area contributed by atoms with E-state index in [9.17, 15) is 0 Å². The summed E-state index contributed by atoms with van der Waals surface area (Å²) in [6.07, 6.45) is 3.94. The molecule has 0 radical (unpaired) electrons. The summed E-state index contributed by atoms with van der Waals surface area (Å²) < 4.78 is 0. The molecular formula is C2H8NS+. The van der Waals surface area contributed by atoms with Crippen molar-refractivity contribution in [3.8, 4) is 0 Å². The Morgan fingerprint density at radius 3 is 1.50 bits per heavy atom. The maximum absolute atomic E-state index is 5.14. The highest BCUT2D eigenvalue weighted by atomic mass is 32.2. The van der Waals surface area contributed by atoms with Crippen LogP contribution in [0.2, 0.25) is 0 Å². The van der Waals surface area contributed by atoms with Gasteiger partial charge < -0.3 is 0 Å². The van der Waals surface area contributed by atoms with Crippen LogP contribution in [0.4, 0.5) is 0 Å². The fourth-order valence-electron chi connectivity index (χ4n) is 0. The molecule has 2 N–H and O–H groups in total. The fraction of sp³-hybridized carbons (Fsp3) is 1.00. The smallest absolute Gasteiger partial charge is 0.117 e. The zero-order valence-electron chi connectivity index (χ0n) is 2.99. The van der Waals surface area contributed by atoms with E-state index in [-0.39, 0.29) is 11.1 Å². The van der Waals surface area contributed by atoms with Crippen LogP contribution in [0.3, 0.4) is 0 Å². The monoisotopic (exact) mass is 78.0 g/mol. The SMILES string of the molecule is C[S+](C)N. The quantitative estimate of drug-likeness (QED) is 0.397. The van der Waals surface area contributed by atoms with Crippen molar-refractivity contribution in [2.24, 2.45) is 5.14 Å². The molecule has 0 saturated carbocycles. The highest BCUT2D eigenvalue weighted by Crippen LogP contribution is 1.54. The molecule has 0 spiro atoms. The first-order valence-electron chi connectivity index (χ1n) is 1.05. The summed E-state index contributed by atoms with van der Waals surface area (Å²) in [6, 6.07) is 0. The minimum absolute atomic E-state index is 0.139. The zero-order valence-corrected chi connectivity index (χ0v) is 3.80. The van der Waals surface area contributed by atoms with Crippen LogP contribution in [0.1, 0.15) is 0 Å². The van der Waals surface area contributed by atoms with Gasteiger partial charge in [-0.2, -0.15) is 5.14 Å². The molecule has 0 aliphatic rings. The normalized spacial score (nSPS) is 9.00. The number of hydrogen-bond acceptors (Lipinski definition) is 1. The molecule has 1 nitrogen and oxygen atoms in total. The maximum Gasteiger partial charge on any atom is 0.117 e. The molecule has 0 aliphatic carbocycles. The van der Waals surface area contributed by atoms with E-state index in [0.29, 0.717) is 0 Å². The van der Waals surface area contributed by atoms with E-state index in [1.54, 1.807) is 0 Å². The van der Waals surface area contributed by atoms with Crippen molar-refractivity contribution in [2.75, 3.05) is 12.5 Å². The Hall–Kier alpha value is 0.310. The standard InChI is InChI=1S/C2H8NS/c1-4(2)3/h3H2,1-2H3/q+1. The van der Waals surface area contributed by atoms with Gasteiger partial charge >= 0.3 is 0 Å². The van der Waals surface area contributed by atoms with Crippen molar-refractivity contribution in [3.63, 3.8) is 0 Å². The van der Waals surface area contributed by atoms with Crippen molar-refractivity contribution in [3.05, 3.63) is 0 Å². The molecule has 0 aromatic heterocycles. The lowest BCUT2D eigenvalue weighted by molar-refractivity contribution is 1.93. The van der Waals surface area contributed by atoms with Gasteiger partial charge in [-0.25, -0.2) is 0 Å². The third-order valence-electron chi connectivity index (χ3n) is 0. The molecular weight excluding hydrogens is 70.1 g/mol. The first-order chi connectivity index (χ1) is 1.73. The molecule has 4 heavy (non-hydrogen) atoms. The van der Waals surface area contributed by atoms with Crippen molar-refractivity contribution < 1.29 is 0 Å². The summed E-state index contributed by atoms with van der Waals surface area (Å²) in [5, 5.41) is 5.14. The molecule has 0 bridgehead atoms. The summed E-state index contributed by atoms with van der Waals surface area (Å²) >= 11 is 0.139. The molecule has 0 unspecified atom stereocenters. The van der Waals surface area contributed by atoms with E-state index in [2.05, 4.69) is 0 Å². The van der Waals surface area contributed by atoms with Crippen LogP contribution in [-0.4, -0.2) is 12.5 Å². The Morgan fingerprint density at radius 1 is 1.50 bits per heavy atom. The Bertz CT molecular complexity index is 10.8. The summed E-state index contributed by atoms with van der Waals surface area (Å²) in [6.45, 7) is 0. The second-order valence-corrected chi connectivity index (χ2v) is 2.64. The van der Waals surface area contributed by atoms with Crippen LogP contribution in [0.15, 0.2) is 0 Å². The predicted octanol–water partition coefficient (Wildman–Crippen LogP) is -0.262. The van der Waals surface area contributed by atoms with E-state index in [1.807, 2.05) is 12.5 Å². The van der Waals surface area contributed by atoms with Gasteiger partial charge in [0, 0.05) is 0 Å². The Kier molecular flexibility index (Phi) is 1.74. The molecule has 0 atom stereocenters. The van der Waals surface area contributed by atoms with Gasteiger partial charge in [0.1, 0.15) is 12.5 Å². The molecule has 0 aromatic rings. The van der Waals surface area contributed by atoms with Crippen molar-refractivity contribution in [1.82, 2.24) is 0 Å². The third kappa shape index (κ3) is 41.3. The highest BCUT2D eigenvalue weighted by molar-refractivity contribution is 7.93. The third-order valence-corrected chi connectivity index (χ3v) is 0. The Labute approximate surface area is 29.7 Å². The van der Waals surface area contributed by atoms with Gasteiger partial charge in [-0.3, -0.25) is 0 Å². The summed E-state index contributed by atoms with van der Waals surface area (Å²) in [7, 11) is 0. The van der Waals surface area contributed by atoms with Gasteiger partial charge in [-0.1, -0.05) is 0 Å². The lowest BCUT2D eigenvalue weighted by Gasteiger charge is -1.69. The van der Waals surface area contributed by atoms with E-state index in [4.69, 9.17) is 5.14 Å². The van der Waals surface area contributed by atoms with Gasteiger partial charge in [0.25, 0.3) is 0 Å². The molecule has 2 heteroatoms. The molecule has 0 saturated heterocycles. The van der Waals surface area contributed by atoms with Crippen LogP contribution in [0.25, 0.3) is 0 Å². The minimum Gasteiger partial charge on any atom is -0.152 e. The van der Waals surface area contributed by atoms with Gasteiger partial charge in [0.2, 0.25) is 0 Å². The Morgan fingerprint density at radius 2 is 1.50 bits per heavy atom. The first kappa shape index (κ1) is 4.31. The van der Waals surface area contributed by atoms with E-state index in [1.165, 1.54) is 0 Å². The Balaban J connectivity index is 2.32. The zero-order chi connectivity index (χ0) is 3.58. The fourth-order valence-corrected chi connectivity index (χ4v) is 0. The second-order valence-electron chi connectivity index (χ2n) is 0.880.